The molecule has 0 aliphatic carbocycles. The number of carbonyl (C=O) groups excluding carboxylic acids is 1. The fraction of sp³-hybridized carbons (Fsp3) is 0.200. The molecule has 3 N–H and O–H groups in total. The SMILES string of the molecule is NC(=O)c1ccc(-c2cnc(Nc3cnc(N4CCOCC4)nc3)c3ncnn23)cc1. The van der Waals surface area contributed by atoms with Crippen LogP contribution in [-0.2, 0) is 4.74 Å². The number of anilines is 3. The minimum absolute atomic E-state index is 0.436. The zero-order valence-electron chi connectivity index (χ0n) is 16.5. The summed E-state index contributed by atoms with van der Waals surface area (Å²) in [6.07, 6.45) is 6.57. The quantitative estimate of drug-likeness (QED) is 0.492. The number of hydrogen-bond donors (Lipinski definition) is 2. The topological polar surface area (TPSA) is 136 Å². The third-order valence-corrected chi connectivity index (χ3v) is 4.96. The van der Waals surface area contributed by atoms with Gasteiger partial charge in [0, 0.05) is 24.2 Å². The van der Waals surface area contributed by atoms with Gasteiger partial charge in [-0.2, -0.15) is 5.10 Å². The molecule has 0 unspecified atom stereocenters. The number of morpholine rings is 1. The molecule has 0 bridgehead atoms. The van der Waals surface area contributed by atoms with Gasteiger partial charge in [-0.05, 0) is 12.1 Å². The summed E-state index contributed by atoms with van der Waals surface area (Å²) >= 11 is 0. The number of amides is 1. The second-order valence-corrected chi connectivity index (χ2v) is 6.93. The van der Waals surface area contributed by atoms with E-state index in [4.69, 9.17) is 10.5 Å². The van der Waals surface area contributed by atoms with Crippen LogP contribution in [0.5, 0.6) is 0 Å². The van der Waals surface area contributed by atoms with Crippen molar-refractivity contribution in [3.8, 4) is 11.3 Å². The van der Waals surface area contributed by atoms with Crippen LogP contribution in [0.4, 0.5) is 17.5 Å². The Labute approximate surface area is 176 Å². The number of primary amides is 1. The summed E-state index contributed by atoms with van der Waals surface area (Å²) in [4.78, 5) is 31.1. The van der Waals surface area contributed by atoms with Gasteiger partial charge in [-0.1, -0.05) is 12.1 Å². The number of aromatic nitrogens is 6. The van der Waals surface area contributed by atoms with E-state index in [2.05, 4.69) is 35.3 Å². The summed E-state index contributed by atoms with van der Waals surface area (Å²) in [6.45, 7) is 2.90. The molecule has 4 aromatic rings. The van der Waals surface area contributed by atoms with Crippen LogP contribution < -0.4 is 16.0 Å². The number of hydrogen-bond acceptors (Lipinski definition) is 9. The number of nitrogens with zero attached hydrogens (tertiary/aromatic N) is 7. The first-order valence-electron chi connectivity index (χ1n) is 9.70. The molecule has 11 heteroatoms. The van der Waals surface area contributed by atoms with Crippen molar-refractivity contribution in [1.29, 1.82) is 0 Å². The highest BCUT2D eigenvalue weighted by molar-refractivity contribution is 5.93. The molecule has 0 spiro atoms. The molecule has 1 amide bonds. The molecular formula is C20H19N9O2. The van der Waals surface area contributed by atoms with Crippen LogP contribution in [0, 0.1) is 0 Å². The Kier molecular flexibility index (Phi) is 4.84. The Bertz CT molecular complexity index is 1220. The van der Waals surface area contributed by atoms with Gasteiger partial charge in [-0.3, -0.25) is 4.79 Å². The molecular weight excluding hydrogens is 398 g/mol. The fourth-order valence-corrected chi connectivity index (χ4v) is 3.36. The maximum atomic E-state index is 11.3. The predicted octanol–water partition coefficient (Wildman–Crippen LogP) is 1.26. The summed E-state index contributed by atoms with van der Waals surface area (Å²) in [7, 11) is 0. The van der Waals surface area contributed by atoms with Crippen molar-refractivity contribution in [3.63, 3.8) is 0 Å². The lowest BCUT2D eigenvalue weighted by Crippen LogP contribution is -2.37. The van der Waals surface area contributed by atoms with Gasteiger partial charge in [0.15, 0.2) is 11.5 Å². The first kappa shape index (κ1) is 18.9. The Balaban J connectivity index is 1.40. The zero-order chi connectivity index (χ0) is 21.2. The first-order valence-corrected chi connectivity index (χ1v) is 9.70. The van der Waals surface area contributed by atoms with Crippen LogP contribution in [0.15, 0.2) is 49.2 Å². The van der Waals surface area contributed by atoms with Crippen molar-refractivity contribution >= 4 is 29.0 Å². The number of nitrogens with one attached hydrogen (secondary N) is 1. The van der Waals surface area contributed by atoms with E-state index in [0.717, 1.165) is 24.3 Å². The first-order chi connectivity index (χ1) is 15.2. The molecule has 5 rings (SSSR count). The van der Waals surface area contributed by atoms with E-state index < -0.39 is 5.91 Å². The van der Waals surface area contributed by atoms with Gasteiger partial charge in [-0.15, -0.1) is 0 Å². The van der Waals surface area contributed by atoms with E-state index in [1.165, 1.54) is 6.33 Å². The average molecular weight is 417 g/mol. The number of fused-ring (bicyclic) bond motifs is 1. The summed E-state index contributed by atoms with van der Waals surface area (Å²) < 4.78 is 7.04. The van der Waals surface area contributed by atoms with Crippen LogP contribution in [-0.4, -0.2) is 61.8 Å². The molecule has 4 heterocycles. The lowest BCUT2D eigenvalue weighted by molar-refractivity contribution is 0.100. The molecule has 1 aliphatic rings. The highest BCUT2D eigenvalue weighted by atomic mass is 16.5. The van der Waals surface area contributed by atoms with Crippen molar-refractivity contribution in [2.24, 2.45) is 5.73 Å². The van der Waals surface area contributed by atoms with Crippen LogP contribution in [0.1, 0.15) is 10.4 Å². The zero-order valence-corrected chi connectivity index (χ0v) is 16.5. The van der Waals surface area contributed by atoms with Gasteiger partial charge >= 0.3 is 0 Å². The summed E-state index contributed by atoms with van der Waals surface area (Å²) in [5, 5.41) is 7.52. The van der Waals surface area contributed by atoms with E-state index in [-0.39, 0.29) is 0 Å². The molecule has 31 heavy (non-hydrogen) atoms. The Morgan fingerprint density at radius 1 is 1.00 bits per heavy atom. The van der Waals surface area contributed by atoms with E-state index in [0.29, 0.717) is 41.9 Å². The van der Waals surface area contributed by atoms with Crippen molar-refractivity contribution in [1.82, 2.24) is 29.5 Å². The highest BCUT2D eigenvalue weighted by Crippen LogP contribution is 2.24. The van der Waals surface area contributed by atoms with E-state index in [9.17, 15) is 4.79 Å². The molecule has 0 saturated carbocycles. The van der Waals surface area contributed by atoms with Crippen molar-refractivity contribution in [2.75, 3.05) is 36.5 Å². The summed E-state index contributed by atoms with van der Waals surface area (Å²) in [6, 6.07) is 6.92. The van der Waals surface area contributed by atoms with Crippen LogP contribution in [0.3, 0.4) is 0 Å². The summed E-state index contributed by atoms with van der Waals surface area (Å²) in [5.74, 6) is 0.721. The molecule has 1 fully saturated rings. The van der Waals surface area contributed by atoms with E-state index in [1.807, 2.05) is 0 Å². The smallest absolute Gasteiger partial charge is 0.248 e. The number of benzene rings is 1. The number of rotatable bonds is 5. The van der Waals surface area contributed by atoms with Crippen molar-refractivity contribution in [3.05, 3.63) is 54.7 Å². The van der Waals surface area contributed by atoms with E-state index >= 15 is 0 Å². The van der Waals surface area contributed by atoms with Gasteiger partial charge in [0.05, 0.1) is 43.2 Å². The monoisotopic (exact) mass is 417 g/mol. The molecule has 156 valence electrons. The molecule has 11 nitrogen and oxygen atoms in total. The molecule has 1 aromatic carbocycles. The summed E-state index contributed by atoms with van der Waals surface area (Å²) in [5.41, 5.74) is 8.55. The van der Waals surface area contributed by atoms with Gasteiger partial charge in [0.2, 0.25) is 11.9 Å². The normalized spacial score (nSPS) is 14.0. The Morgan fingerprint density at radius 3 is 2.45 bits per heavy atom. The molecule has 0 radical (unpaired) electrons. The Morgan fingerprint density at radius 2 is 1.74 bits per heavy atom. The van der Waals surface area contributed by atoms with Crippen molar-refractivity contribution < 1.29 is 9.53 Å². The number of carbonyl (C=O) groups is 1. The molecule has 3 aromatic heterocycles. The van der Waals surface area contributed by atoms with Crippen LogP contribution in [0.2, 0.25) is 0 Å². The third kappa shape index (κ3) is 3.73. The highest BCUT2D eigenvalue weighted by Gasteiger charge is 2.15. The van der Waals surface area contributed by atoms with E-state index in [1.54, 1.807) is 47.4 Å². The number of ether oxygens (including phenoxy) is 1. The van der Waals surface area contributed by atoms with Crippen LogP contribution in [0.25, 0.3) is 16.9 Å². The molecule has 0 atom stereocenters. The maximum absolute atomic E-state index is 11.3. The van der Waals surface area contributed by atoms with Gasteiger partial charge in [0.1, 0.15) is 6.33 Å². The number of nitrogens with two attached hydrogens (primary N) is 1. The van der Waals surface area contributed by atoms with Gasteiger partial charge < -0.3 is 20.7 Å². The standard InChI is InChI=1S/C20H19N9O2/c21-17(30)14-3-1-13(2-4-14)16-11-22-18(19-25-12-26-29(16)19)27-15-9-23-20(24-10-15)28-5-7-31-8-6-28/h1-4,9-12H,5-8H2,(H2,21,30)(H,22,27). The average Bonchev–Trinajstić information content (AvgIpc) is 3.31. The Hall–Kier alpha value is -4.12. The second kappa shape index (κ2) is 7.95. The van der Waals surface area contributed by atoms with Crippen LogP contribution >= 0.6 is 0 Å². The third-order valence-electron chi connectivity index (χ3n) is 4.96. The fourth-order valence-electron chi connectivity index (χ4n) is 3.36. The lowest BCUT2D eigenvalue weighted by Gasteiger charge is -2.26. The predicted molar refractivity (Wildman–Crippen MR) is 113 cm³/mol. The minimum atomic E-state index is -0.475. The lowest BCUT2D eigenvalue weighted by atomic mass is 10.1. The largest absolute Gasteiger partial charge is 0.378 e. The minimum Gasteiger partial charge on any atom is -0.378 e. The van der Waals surface area contributed by atoms with Crippen molar-refractivity contribution in [2.45, 2.75) is 0 Å². The molecule has 1 aliphatic heterocycles. The molecule has 1 saturated heterocycles. The van der Waals surface area contributed by atoms with Gasteiger partial charge in [0.25, 0.3) is 0 Å². The maximum Gasteiger partial charge on any atom is 0.248 e. The second-order valence-electron chi connectivity index (χ2n) is 6.93. The van der Waals surface area contributed by atoms with Gasteiger partial charge in [-0.25, -0.2) is 24.5 Å².